The highest BCUT2D eigenvalue weighted by Gasteiger charge is 2.21. The molecular weight excluding hydrogens is 518 g/mol. The van der Waals surface area contributed by atoms with Crippen molar-refractivity contribution in [2.24, 2.45) is 5.73 Å². The molecule has 0 bridgehead atoms. The van der Waals surface area contributed by atoms with Gasteiger partial charge in [-0.05, 0) is 50.3 Å². The van der Waals surface area contributed by atoms with Gasteiger partial charge in [-0.15, -0.1) is 0 Å². The maximum atomic E-state index is 12.5. The van der Waals surface area contributed by atoms with Crippen LogP contribution < -0.4 is 15.2 Å². The first kappa shape index (κ1) is 34.9. The van der Waals surface area contributed by atoms with Gasteiger partial charge < -0.3 is 29.4 Å². The third kappa shape index (κ3) is 15.5. The van der Waals surface area contributed by atoms with E-state index in [0.717, 1.165) is 44.9 Å². The summed E-state index contributed by atoms with van der Waals surface area (Å²) < 4.78 is 26.2. The Hall–Kier alpha value is -3.14. The van der Waals surface area contributed by atoms with Gasteiger partial charge in [0.2, 0.25) is 0 Å². The molecule has 40 heavy (non-hydrogen) atoms. The highest BCUT2D eigenvalue weighted by Crippen LogP contribution is 2.30. The summed E-state index contributed by atoms with van der Waals surface area (Å²) in [6, 6.07) is 3.70. The molecule has 0 saturated carbocycles. The molecule has 0 fully saturated rings. The standard InChI is InChI=1S/C30H47NO9/c1-5-8-11-14-27(32)39-25-17-16-23(20-26(25)40-28(33)15-12-9-6-2)19-24(31)29(34)37-21-22(4)38-30(35)36-18-13-10-7-3/h16-17,20,22,24H,5-15,18-19,21,31H2,1-4H3/t22-,24-/m0/s1. The summed E-state index contributed by atoms with van der Waals surface area (Å²) >= 11 is 0. The Morgan fingerprint density at radius 2 is 1.35 bits per heavy atom. The van der Waals surface area contributed by atoms with Gasteiger partial charge >= 0.3 is 24.1 Å². The van der Waals surface area contributed by atoms with Crippen LogP contribution in [0.25, 0.3) is 0 Å². The molecule has 0 spiro atoms. The molecule has 0 aliphatic rings. The third-order valence-electron chi connectivity index (χ3n) is 5.91. The van der Waals surface area contributed by atoms with E-state index < -0.39 is 36.2 Å². The molecule has 0 heterocycles. The lowest BCUT2D eigenvalue weighted by Gasteiger charge is -2.17. The zero-order valence-electron chi connectivity index (χ0n) is 24.5. The fraction of sp³-hybridized carbons (Fsp3) is 0.667. The lowest BCUT2D eigenvalue weighted by molar-refractivity contribution is -0.148. The molecule has 0 radical (unpaired) electrons. The van der Waals surface area contributed by atoms with Crippen molar-refractivity contribution < 1.29 is 42.9 Å². The molecule has 0 aromatic heterocycles. The lowest BCUT2D eigenvalue weighted by Crippen LogP contribution is -2.36. The van der Waals surface area contributed by atoms with Crippen molar-refractivity contribution in [3.63, 3.8) is 0 Å². The number of rotatable bonds is 20. The Morgan fingerprint density at radius 3 is 1.95 bits per heavy atom. The minimum Gasteiger partial charge on any atom is -0.461 e. The van der Waals surface area contributed by atoms with E-state index in [2.05, 4.69) is 0 Å². The van der Waals surface area contributed by atoms with Crippen molar-refractivity contribution in [1.29, 1.82) is 0 Å². The van der Waals surface area contributed by atoms with Crippen molar-refractivity contribution in [2.45, 2.75) is 117 Å². The van der Waals surface area contributed by atoms with Gasteiger partial charge in [0, 0.05) is 12.8 Å². The monoisotopic (exact) mass is 565 g/mol. The number of hydrogen-bond donors (Lipinski definition) is 1. The van der Waals surface area contributed by atoms with E-state index in [1.165, 1.54) is 6.07 Å². The van der Waals surface area contributed by atoms with Crippen molar-refractivity contribution in [2.75, 3.05) is 13.2 Å². The Labute approximate surface area is 238 Å². The molecular formula is C30H47NO9. The predicted octanol–water partition coefficient (Wildman–Crippen LogP) is 5.80. The molecule has 2 N–H and O–H groups in total. The van der Waals surface area contributed by atoms with Crippen LogP contribution in [-0.2, 0) is 35.0 Å². The van der Waals surface area contributed by atoms with E-state index in [1.807, 2.05) is 20.8 Å². The number of hydrogen-bond acceptors (Lipinski definition) is 10. The average molecular weight is 566 g/mol. The average Bonchev–Trinajstić information content (AvgIpc) is 2.91. The highest BCUT2D eigenvalue weighted by atomic mass is 16.7. The first-order chi connectivity index (χ1) is 19.2. The summed E-state index contributed by atoms with van der Waals surface area (Å²) in [5, 5.41) is 0. The van der Waals surface area contributed by atoms with Gasteiger partial charge in [0.1, 0.15) is 18.8 Å². The summed E-state index contributed by atoms with van der Waals surface area (Å²) in [4.78, 5) is 48.8. The molecule has 10 nitrogen and oxygen atoms in total. The highest BCUT2D eigenvalue weighted by molar-refractivity contribution is 5.77. The van der Waals surface area contributed by atoms with Crippen LogP contribution in [0.2, 0.25) is 0 Å². The predicted molar refractivity (Wildman–Crippen MR) is 150 cm³/mol. The van der Waals surface area contributed by atoms with E-state index in [1.54, 1.807) is 19.1 Å². The fourth-order valence-corrected chi connectivity index (χ4v) is 3.61. The van der Waals surface area contributed by atoms with Crippen LogP contribution in [0.15, 0.2) is 18.2 Å². The van der Waals surface area contributed by atoms with E-state index in [-0.39, 0.29) is 44.0 Å². The second kappa shape index (κ2) is 20.7. The second-order valence-electron chi connectivity index (χ2n) is 9.82. The molecule has 10 heteroatoms. The minimum atomic E-state index is -1.02. The van der Waals surface area contributed by atoms with Gasteiger partial charge in [0.05, 0.1) is 6.61 Å². The van der Waals surface area contributed by atoms with Crippen LogP contribution >= 0.6 is 0 Å². The van der Waals surface area contributed by atoms with E-state index in [0.29, 0.717) is 18.4 Å². The maximum Gasteiger partial charge on any atom is 0.508 e. The van der Waals surface area contributed by atoms with Crippen molar-refractivity contribution in [1.82, 2.24) is 0 Å². The van der Waals surface area contributed by atoms with Crippen molar-refractivity contribution in [3.05, 3.63) is 23.8 Å². The van der Waals surface area contributed by atoms with E-state index >= 15 is 0 Å². The number of benzene rings is 1. The zero-order valence-corrected chi connectivity index (χ0v) is 24.5. The molecule has 2 atom stereocenters. The van der Waals surface area contributed by atoms with Crippen LogP contribution in [0.4, 0.5) is 4.79 Å². The molecule has 1 rings (SSSR count). The van der Waals surface area contributed by atoms with Gasteiger partial charge in [-0.2, -0.15) is 0 Å². The number of carbonyl (C=O) groups is 4. The summed E-state index contributed by atoms with van der Waals surface area (Å²) in [6.45, 7) is 7.80. The van der Waals surface area contributed by atoms with Gasteiger partial charge in [-0.3, -0.25) is 14.4 Å². The SMILES string of the molecule is CCCCCOC(=O)O[C@@H](C)COC(=O)[C@@H](N)Cc1ccc(OC(=O)CCCCC)c(OC(=O)CCCCC)c1. The summed E-state index contributed by atoms with van der Waals surface area (Å²) in [5.74, 6) is -1.29. The number of nitrogens with two attached hydrogens (primary N) is 1. The van der Waals surface area contributed by atoms with Gasteiger partial charge in [0.15, 0.2) is 11.5 Å². The zero-order chi connectivity index (χ0) is 29.8. The Morgan fingerprint density at radius 1 is 0.775 bits per heavy atom. The van der Waals surface area contributed by atoms with Crippen LogP contribution in [0, 0.1) is 0 Å². The number of carbonyl (C=O) groups excluding carboxylic acids is 4. The molecule has 1 aromatic rings. The molecule has 0 saturated heterocycles. The minimum absolute atomic E-state index is 0.0820. The van der Waals surface area contributed by atoms with Crippen molar-refractivity contribution in [3.8, 4) is 11.5 Å². The van der Waals surface area contributed by atoms with Crippen molar-refractivity contribution >= 4 is 24.1 Å². The summed E-state index contributed by atoms with van der Waals surface area (Å²) in [7, 11) is 0. The Balaban J connectivity index is 2.74. The Bertz CT molecular complexity index is 918. The Kier molecular flexibility index (Phi) is 18.1. The van der Waals surface area contributed by atoms with Gasteiger partial charge in [-0.25, -0.2) is 4.79 Å². The fourth-order valence-electron chi connectivity index (χ4n) is 3.61. The normalized spacial score (nSPS) is 12.2. The largest absolute Gasteiger partial charge is 0.508 e. The molecule has 0 aliphatic heterocycles. The summed E-state index contributed by atoms with van der Waals surface area (Å²) in [5.41, 5.74) is 6.64. The van der Waals surface area contributed by atoms with Crippen LogP contribution in [0.3, 0.4) is 0 Å². The maximum absolute atomic E-state index is 12.5. The third-order valence-corrected chi connectivity index (χ3v) is 5.91. The number of ether oxygens (including phenoxy) is 5. The first-order valence-electron chi connectivity index (χ1n) is 14.5. The summed E-state index contributed by atoms with van der Waals surface area (Å²) in [6.07, 6.45) is 6.92. The smallest absolute Gasteiger partial charge is 0.461 e. The number of esters is 3. The quantitative estimate of drug-likeness (QED) is 0.117. The first-order valence-corrected chi connectivity index (χ1v) is 14.5. The van der Waals surface area contributed by atoms with Crippen LogP contribution in [0.5, 0.6) is 11.5 Å². The van der Waals surface area contributed by atoms with Gasteiger partial charge in [0.25, 0.3) is 0 Å². The van der Waals surface area contributed by atoms with E-state index in [4.69, 9.17) is 29.4 Å². The second-order valence-corrected chi connectivity index (χ2v) is 9.82. The molecule has 0 unspecified atom stereocenters. The van der Waals surface area contributed by atoms with Crippen LogP contribution in [-0.4, -0.2) is 49.4 Å². The lowest BCUT2D eigenvalue weighted by atomic mass is 10.1. The molecule has 0 aliphatic carbocycles. The van der Waals surface area contributed by atoms with E-state index in [9.17, 15) is 19.2 Å². The van der Waals surface area contributed by atoms with Gasteiger partial charge in [-0.1, -0.05) is 65.4 Å². The topological polar surface area (TPSA) is 140 Å². The van der Waals surface area contributed by atoms with Crippen LogP contribution in [0.1, 0.15) is 104 Å². The molecule has 1 aromatic carbocycles. The molecule has 226 valence electrons. The molecule has 0 amide bonds. The number of unbranched alkanes of at least 4 members (excludes halogenated alkanes) is 6.